The number of rotatable bonds is 5. The maximum absolute atomic E-state index is 9.11. The first kappa shape index (κ1) is 12.9. The maximum Gasteiger partial charge on any atom is 0.133 e. The van der Waals surface area contributed by atoms with Gasteiger partial charge in [0.2, 0.25) is 0 Å². The van der Waals surface area contributed by atoms with Crippen LogP contribution >= 0.6 is 11.6 Å². The molecule has 0 bridgehead atoms. The van der Waals surface area contributed by atoms with Gasteiger partial charge in [-0.15, -0.1) is 0 Å². The lowest BCUT2D eigenvalue weighted by Crippen LogP contribution is -2.17. The molecule has 0 saturated carbocycles. The van der Waals surface area contributed by atoms with Crippen molar-refractivity contribution < 1.29 is 5.11 Å². The van der Waals surface area contributed by atoms with Gasteiger partial charge in [0.15, 0.2) is 0 Å². The Bertz CT molecular complexity index is 435. The molecule has 0 unspecified atom stereocenters. The quantitative estimate of drug-likeness (QED) is 0.815. The monoisotopic (exact) mass is 262 g/mol. The van der Waals surface area contributed by atoms with Gasteiger partial charge in [-0.25, -0.2) is 0 Å². The van der Waals surface area contributed by atoms with E-state index in [4.69, 9.17) is 16.7 Å². The Kier molecular flexibility index (Phi) is 4.56. The zero-order valence-electron chi connectivity index (χ0n) is 9.94. The Labute approximate surface area is 111 Å². The summed E-state index contributed by atoms with van der Waals surface area (Å²) in [6, 6.07) is 11.3. The van der Waals surface area contributed by atoms with Gasteiger partial charge in [-0.2, -0.15) is 0 Å². The number of hydrogen-bond acceptors (Lipinski definition) is 3. The first-order chi connectivity index (χ1) is 8.74. The molecule has 0 saturated heterocycles. The molecule has 2 rings (SSSR count). The van der Waals surface area contributed by atoms with Crippen LogP contribution in [0.4, 0.5) is 0 Å². The summed E-state index contributed by atoms with van der Waals surface area (Å²) in [5.41, 5.74) is 2.18. The van der Waals surface area contributed by atoms with Crippen molar-refractivity contribution in [3.05, 3.63) is 58.9 Å². The summed E-state index contributed by atoms with van der Waals surface area (Å²) in [5.74, 6) is 0.194. The molecule has 0 fully saturated rings. The number of halogens is 1. The largest absolute Gasteiger partial charge is 0.506 e. The Morgan fingerprint density at radius 2 is 1.89 bits per heavy atom. The molecule has 1 heterocycles. The minimum absolute atomic E-state index is 0.194. The highest BCUT2D eigenvalue weighted by molar-refractivity contribution is 6.30. The second kappa shape index (κ2) is 6.38. The van der Waals surface area contributed by atoms with E-state index in [0.29, 0.717) is 6.54 Å². The molecule has 2 N–H and O–H groups in total. The van der Waals surface area contributed by atoms with Crippen LogP contribution in [0.25, 0.3) is 0 Å². The fourth-order valence-corrected chi connectivity index (χ4v) is 1.75. The zero-order chi connectivity index (χ0) is 12.8. The molecule has 0 aliphatic carbocycles. The summed E-state index contributed by atoms with van der Waals surface area (Å²) >= 11 is 5.82. The molecule has 0 radical (unpaired) electrons. The van der Waals surface area contributed by atoms with Crippen LogP contribution in [0.5, 0.6) is 5.75 Å². The Balaban J connectivity index is 1.73. The number of hydrogen-bond donors (Lipinski definition) is 2. The predicted molar refractivity (Wildman–Crippen MR) is 72.8 cm³/mol. The molecule has 1 aromatic heterocycles. The number of pyridine rings is 1. The number of aromatic hydroxyl groups is 1. The van der Waals surface area contributed by atoms with E-state index in [1.54, 1.807) is 6.07 Å². The van der Waals surface area contributed by atoms with E-state index in [0.717, 1.165) is 23.7 Å². The van der Waals surface area contributed by atoms with Crippen LogP contribution in [0.15, 0.2) is 42.6 Å². The van der Waals surface area contributed by atoms with Crippen molar-refractivity contribution in [1.82, 2.24) is 10.3 Å². The van der Waals surface area contributed by atoms with Crippen molar-refractivity contribution >= 4 is 11.6 Å². The molecule has 3 nitrogen and oxygen atoms in total. The Morgan fingerprint density at radius 1 is 1.11 bits per heavy atom. The van der Waals surface area contributed by atoms with Gasteiger partial charge in [0, 0.05) is 11.6 Å². The summed E-state index contributed by atoms with van der Waals surface area (Å²) in [6.45, 7) is 1.58. The summed E-state index contributed by atoms with van der Waals surface area (Å²) in [6.07, 6.45) is 2.41. The van der Waals surface area contributed by atoms with E-state index in [2.05, 4.69) is 10.3 Å². The van der Waals surface area contributed by atoms with Gasteiger partial charge in [0.1, 0.15) is 5.75 Å². The van der Waals surface area contributed by atoms with Crippen molar-refractivity contribution in [2.75, 3.05) is 6.54 Å². The van der Waals surface area contributed by atoms with E-state index in [9.17, 15) is 0 Å². The normalized spacial score (nSPS) is 10.5. The summed E-state index contributed by atoms with van der Waals surface area (Å²) in [4.78, 5) is 4.10. The SMILES string of the molecule is Oc1ccc(CNCCc2ccc(Cl)cc2)nc1. The lowest BCUT2D eigenvalue weighted by atomic mass is 10.1. The van der Waals surface area contributed by atoms with Crippen molar-refractivity contribution in [1.29, 1.82) is 0 Å². The Morgan fingerprint density at radius 3 is 2.56 bits per heavy atom. The minimum Gasteiger partial charge on any atom is -0.506 e. The van der Waals surface area contributed by atoms with Crippen LogP contribution in [0.1, 0.15) is 11.3 Å². The summed E-state index contributed by atoms with van der Waals surface area (Å²) < 4.78 is 0. The van der Waals surface area contributed by atoms with E-state index < -0.39 is 0 Å². The van der Waals surface area contributed by atoms with Crippen LogP contribution in [-0.4, -0.2) is 16.6 Å². The van der Waals surface area contributed by atoms with Gasteiger partial charge in [0.25, 0.3) is 0 Å². The lowest BCUT2D eigenvalue weighted by molar-refractivity contribution is 0.471. The average molecular weight is 263 g/mol. The fourth-order valence-electron chi connectivity index (χ4n) is 1.62. The van der Waals surface area contributed by atoms with E-state index in [1.807, 2.05) is 30.3 Å². The van der Waals surface area contributed by atoms with Crippen molar-refractivity contribution in [3.8, 4) is 5.75 Å². The second-order valence-electron chi connectivity index (χ2n) is 4.06. The highest BCUT2D eigenvalue weighted by Gasteiger charge is 1.96. The smallest absolute Gasteiger partial charge is 0.133 e. The van der Waals surface area contributed by atoms with Gasteiger partial charge in [-0.05, 0) is 42.8 Å². The molecular weight excluding hydrogens is 248 g/mol. The van der Waals surface area contributed by atoms with Crippen LogP contribution in [0.3, 0.4) is 0 Å². The number of nitrogens with one attached hydrogen (secondary N) is 1. The van der Waals surface area contributed by atoms with Crippen molar-refractivity contribution in [3.63, 3.8) is 0 Å². The van der Waals surface area contributed by atoms with Gasteiger partial charge in [-0.1, -0.05) is 23.7 Å². The van der Waals surface area contributed by atoms with Crippen molar-refractivity contribution in [2.24, 2.45) is 0 Å². The van der Waals surface area contributed by atoms with Crippen LogP contribution < -0.4 is 5.32 Å². The molecule has 4 heteroatoms. The van der Waals surface area contributed by atoms with Crippen molar-refractivity contribution in [2.45, 2.75) is 13.0 Å². The Hall–Kier alpha value is -1.58. The van der Waals surface area contributed by atoms with Gasteiger partial charge in [0.05, 0.1) is 11.9 Å². The summed E-state index contributed by atoms with van der Waals surface area (Å²) in [7, 11) is 0. The van der Waals surface area contributed by atoms with E-state index in [1.165, 1.54) is 11.8 Å². The maximum atomic E-state index is 9.11. The lowest BCUT2D eigenvalue weighted by Gasteiger charge is -2.05. The first-order valence-electron chi connectivity index (χ1n) is 5.83. The molecule has 0 aliphatic rings. The van der Waals surface area contributed by atoms with Crippen LogP contribution in [0, 0.1) is 0 Å². The standard InChI is InChI=1S/C14H15ClN2O/c15-12-3-1-11(2-4-12)7-8-16-9-13-5-6-14(18)10-17-13/h1-6,10,16,18H,7-9H2. The third kappa shape index (κ3) is 4.02. The number of nitrogens with zero attached hydrogens (tertiary/aromatic N) is 1. The van der Waals surface area contributed by atoms with Crippen LogP contribution in [-0.2, 0) is 13.0 Å². The molecule has 0 atom stereocenters. The van der Waals surface area contributed by atoms with E-state index in [-0.39, 0.29) is 5.75 Å². The average Bonchev–Trinajstić information content (AvgIpc) is 2.39. The molecule has 2 aromatic rings. The second-order valence-corrected chi connectivity index (χ2v) is 4.50. The molecule has 0 aliphatic heterocycles. The highest BCUT2D eigenvalue weighted by Crippen LogP contribution is 2.09. The molecule has 1 aromatic carbocycles. The van der Waals surface area contributed by atoms with Gasteiger partial charge < -0.3 is 10.4 Å². The van der Waals surface area contributed by atoms with Crippen LogP contribution in [0.2, 0.25) is 5.02 Å². The minimum atomic E-state index is 0.194. The highest BCUT2D eigenvalue weighted by atomic mass is 35.5. The van der Waals surface area contributed by atoms with E-state index >= 15 is 0 Å². The number of benzene rings is 1. The topological polar surface area (TPSA) is 45.1 Å². The number of aromatic nitrogens is 1. The molecule has 0 amide bonds. The summed E-state index contributed by atoms with van der Waals surface area (Å²) in [5, 5.41) is 13.2. The first-order valence-corrected chi connectivity index (χ1v) is 6.21. The molecule has 94 valence electrons. The third-order valence-electron chi connectivity index (χ3n) is 2.62. The molecular formula is C14H15ClN2O. The fraction of sp³-hybridized carbons (Fsp3) is 0.214. The third-order valence-corrected chi connectivity index (χ3v) is 2.87. The predicted octanol–water partition coefficient (Wildman–Crippen LogP) is 2.77. The zero-order valence-corrected chi connectivity index (χ0v) is 10.7. The van der Waals surface area contributed by atoms with Gasteiger partial charge in [-0.3, -0.25) is 4.98 Å². The van der Waals surface area contributed by atoms with Gasteiger partial charge >= 0.3 is 0 Å². The molecule has 18 heavy (non-hydrogen) atoms. The molecule has 0 spiro atoms.